The Kier molecular flexibility index (Phi) is 4.73. The molecule has 6 nitrogen and oxygen atoms in total. The first-order valence-corrected chi connectivity index (χ1v) is 7.59. The Morgan fingerprint density at radius 2 is 2.10 bits per heavy atom. The summed E-state index contributed by atoms with van der Waals surface area (Å²) in [6, 6.07) is 0. The molecule has 20 heavy (non-hydrogen) atoms. The van der Waals surface area contributed by atoms with Crippen molar-refractivity contribution in [1.29, 1.82) is 0 Å². The summed E-state index contributed by atoms with van der Waals surface area (Å²) in [5.41, 5.74) is 0.102. The number of carboxylic acid groups (broad SMARTS) is 1. The Labute approximate surface area is 119 Å². The van der Waals surface area contributed by atoms with Crippen LogP contribution in [0, 0.1) is 5.92 Å². The molecule has 0 saturated heterocycles. The van der Waals surface area contributed by atoms with Crippen LogP contribution in [0.25, 0.3) is 0 Å². The topological polar surface area (TPSA) is 80.9 Å². The van der Waals surface area contributed by atoms with Gasteiger partial charge in [0.25, 0.3) is 0 Å². The van der Waals surface area contributed by atoms with Gasteiger partial charge in [-0.15, -0.1) is 5.10 Å². The molecule has 1 aromatic rings. The molecule has 1 aromatic heterocycles. The number of carboxylic acids is 1. The van der Waals surface area contributed by atoms with E-state index in [1.165, 1.54) is 12.8 Å². The van der Waals surface area contributed by atoms with Crippen molar-refractivity contribution in [3.63, 3.8) is 0 Å². The Morgan fingerprint density at radius 3 is 2.65 bits per heavy atom. The fourth-order valence-corrected chi connectivity index (χ4v) is 3.32. The number of nitrogens with zero attached hydrogens (tertiary/aromatic N) is 4. The summed E-state index contributed by atoms with van der Waals surface area (Å²) < 4.78 is 1.85. The van der Waals surface area contributed by atoms with Gasteiger partial charge in [0.05, 0.1) is 0 Å². The van der Waals surface area contributed by atoms with E-state index in [0.717, 1.165) is 31.5 Å². The second kappa shape index (κ2) is 6.33. The van der Waals surface area contributed by atoms with Gasteiger partial charge in [-0.3, -0.25) is 4.79 Å². The monoisotopic (exact) mass is 280 g/mol. The molecular weight excluding hydrogens is 256 g/mol. The van der Waals surface area contributed by atoms with Crippen molar-refractivity contribution in [2.24, 2.45) is 5.92 Å². The molecular formula is C14H24N4O2. The molecule has 0 amide bonds. The van der Waals surface area contributed by atoms with E-state index in [1.54, 1.807) is 0 Å². The van der Waals surface area contributed by atoms with Crippen LogP contribution in [0.2, 0.25) is 0 Å². The number of hydrogen-bond acceptors (Lipinski definition) is 4. The number of carbonyl (C=O) groups is 1. The minimum atomic E-state index is -0.752. The summed E-state index contributed by atoms with van der Waals surface area (Å²) >= 11 is 0. The highest BCUT2D eigenvalue weighted by Crippen LogP contribution is 2.42. The zero-order valence-corrected chi connectivity index (χ0v) is 12.4. The van der Waals surface area contributed by atoms with Crippen LogP contribution in [0.5, 0.6) is 0 Å². The summed E-state index contributed by atoms with van der Waals surface area (Å²) in [6.07, 6.45) is 6.78. The van der Waals surface area contributed by atoms with E-state index in [2.05, 4.69) is 22.4 Å². The van der Waals surface area contributed by atoms with E-state index in [-0.39, 0.29) is 17.8 Å². The lowest BCUT2D eigenvalue weighted by Crippen LogP contribution is -2.28. The van der Waals surface area contributed by atoms with Gasteiger partial charge in [-0.2, -0.15) is 0 Å². The molecule has 0 aliphatic heterocycles. The minimum absolute atomic E-state index is 0.0880. The smallest absolute Gasteiger partial charge is 0.303 e. The first-order chi connectivity index (χ1) is 9.61. The van der Waals surface area contributed by atoms with E-state index >= 15 is 0 Å². The standard InChI is InChI=1S/C14H24N4O2/c1-3-11(9-12(19)20)10-18-13(15-16-17-18)14(4-2)7-5-6-8-14/h11H,3-10H2,1-2H3,(H,19,20). The van der Waals surface area contributed by atoms with E-state index in [4.69, 9.17) is 5.11 Å². The molecule has 1 aliphatic carbocycles. The number of aromatic nitrogens is 4. The van der Waals surface area contributed by atoms with Gasteiger partial charge in [0, 0.05) is 18.4 Å². The molecule has 0 spiro atoms. The van der Waals surface area contributed by atoms with E-state index in [0.29, 0.717) is 6.54 Å². The van der Waals surface area contributed by atoms with Crippen LogP contribution < -0.4 is 0 Å². The molecule has 1 atom stereocenters. The lowest BCUT2D eigenvalue weighted by Gasteiger charge is -2.26. The third-order valence-corrected chi connectivity index (χ3v) is 4.72. The van der Waals surface area contributed by atoms with Crippen LogP contribution in [0.4, 0.5) is 0 Å². The number of tetrazole rings is 1. The number of aliphatic carboxylic acids is 1. The summed E-state index contributed by atoms with van der Waals surface area (Å²) in [7, 11) is 0. The van der Waals surface area contributed by atoms with E-state index in [9.17, 15) is 4.79 Å². The molecule has 1 saturated carbocycles. The molecule has 1 aliphatic rings. The molecule has 1 N–H and O–H groups in total. The van der Waals surface area contributed by atoms with Gasteiger partial charge in [-0.25, -0.2) is 4.68 Å². The molecule has 112 valence electrons. The minimum Gasteiger partial charge on any atom is -0.481 e. The molecule has 0 bridgehead atoms. The molecule has 1 unspecified atom stereocenters. The molecule has 0 radical (unpaired) electrons. The second-order valence-corrected chi connectivity index (χ2v) is 5.90. The predicted octanol–water partition coefficient (Wildman–Crippen LogP) is 2.40. The van der Waals surface area contributed by atoms with Crippen molar-refractivity contribution >= 4 is 5.97 Å². The Morgan fingerprint density at radius 1 is 1.40 bits per heavy atom. The van der Waals surface area contributed by atoms with E-state index < -0.39 is 5.97 Å². The maximum Gasteiger partial charge on any atom is 0.303 e. The maximum absolute atomic E-state index is 10.9. The Balaban J connectivity index is 2.17. The lowest BCUT2D eigenvalue weighted by atomic mass is 9.82. The summed E-state index contributed by atoms with van der Waals surface area (Å²) in [5.74, 6) is 0.295. The van der Waals surface area contributed by atoms with Crippen LogP contribution in [0.15, 0.2) is 0 Å². The predicted molar refractivity (Wildman–Crippen MR) is 74.3 cm³/mol. The first kappa shape index (κ1) is 14.9. The largest absolute Gasteiger partial charge is 0.481 e. The van der Waals surface area contributed by atoms with Crippen molar-refractivity contribution in [2.75, 3.05) is 0 Å². The van der Waals surface area contributed by atoms with Crippen molar-refractivity contribution in [1.82, 2.24) is 20.2 Å². The summed E-state index contributed by atoms with van der Waals surface area (Å²) in [5, 5.41) is 21.2. The molecule has 6 heteroatoms. The van der Waals surface area contributed by atoms with Gasteiger partial charge in [0.2, 0.25) is 0 Å². The third kappa shape index (κ3) is 2.99. The third-order valence-electron chi connectivity index (χ3n) is 4.72. The van der Waals surface area contributed by atoms with Crippen LogP contribution in [-0.2, 0) is 16.8 Å². The average molecular weight is 280 g/mol. The molecule has 1 heterocycles. The van der Waals surface area contributed by atoms with Gasteiger partial charge >= 0.3 is 5.97 Å². The van der Waals surface area contributed by atoms with Gasteiger partial charge in [0.1, 0.15) is 0 Å². The van der Waals surface area contributed by atoms with Crippen molar-refractivity contribution in [2.45, 2.75) is 70.8 Å². The number of hydrogen-bond donors (Lipinski definition) is 1. The number of rotatable bonds is 7. The Hall–Kier alpha value is -1.46. The Bertz CT molecular complexity index is 452. The highest BCUT2D eigenvalue weighted by atomic mass is 16.4. The quantitative estimate of drug-likeness (QED) is 0.829. The fraction of sp³-hybridized carbons (Fsp3) is 0.857. The van der Waals surface area contributed by atoms with Crippen molar-refractivity contribution in [3.8, 4) is 0 Å². The van der Waals surface area contributed by atoms with E-state index in [1.807, 2.05) is 11.6 Å². The van der Waals surface area contributed by atoms with Gasteiger partial charge < -0.3 is 5.11 Å². The second-order valence-electron chi connectivity index (χ2n) is 5.90. The van der Waals surface area contributed by atoms with Gasteiger partial charge in [-0.05, 0) is 35.6 Å². The van der Waals surface area contributed by atoms with Crippen LogP contribution >= 0.6 is 0 Å². The van der Waals surface area contributed by atoms with Crippen LogP contribution in [-0.4, -0.2) is 31.3 Å². The maximum atomic E-state index is 10.9. The average Bonchev–Trinajstić information content (AvgIpc) is 3.06. The summed E-state index contributed by atoms with van der Waals surface area (Å²) in [4.78, 5) is 10.9. The van der Waals surface area contributed by atoms with Gasteiger partial charge in [-0.1, -0.05) is 33.1 Å². The van der Waals surface area contributed by atoms with Crippen molar-refractivity contribution in [3.05, 3.63) is 5.82 Å². The fourth-order valence-electron chi connectivity index (χ4n) is 3.32. The lowest BCUT2D eigenvalue weighted by molar-refractivity contribution is -0.138. The highest BCUT2D eigenvalue weighted by Gasteiger charge is 2.38. The highest BCUT2D eigenvalue weighted by molar-refractivity contribution is 5.66. The van der Waals surface area contributed by atoms with Gasteiger partial charge in [0.15, 0.2) is 5.82 Å². The zero-order chi connectivity index (χ0) is 14.6. The molecule has 0 aromatic carbocycles. The first-order valence-electron chi connectivity index (χ1n) is 7.59. The van der Waals surface area contributed by atoms with Crippen molar-refractivity contribution < 1.29 is 9.90 Å². The molecule has 1 fully saturated rings. The van der Waals surface area contributed by atoms with Crippen LogP contribution in [0.3, 0.4) is 0 Å². The normalized spacial score (nSPS) is 19.1. The molecule has 2 rings (SSSR count). The zero-order valence-electron chi connectivity index (χ0n) is 12.4. The summed E-state index contributed by atoms with van der Waals surface area (Å²) in [6.45, 7) is 4.81. The SMILES string of the molecule is CCC(CC(=O)O)Cn1nnnc1C1(CC)CCCC1. The van der Waals surface area contributed by atoms with Crippen LogP contribution in [0.1, 0.15) is 64.6 Å².